The number of hydrogen-bond acceptors (Lipinski definition) is 24. The zero-order chi connectivity index (χ0) is 111. The Bertz CT molecular complexity index is 5140. The summed E-state index contributed by atoms with van der Waals surface area (Å²) in [6, 6.07) is 22.6. The molecular weight excluding hydrogens is 2000 g/mol. The summed E-state index contributed by atoms with van der Waals surface area (Å²) in [5, 5.41) is 39.3. The van der Waals surface area contributed by atoms with Crippen molar-refractivity contribution in [1.82, 2.24) is 56.8 Å². The number of nitrogens with one attached hydrogen (secondary N) is 7. The summed E-state index contributed by atoms with van der Waals surface area (Å²) in [6.45, 7) is 55.9. The van der Waals surface area contributed by atoms with E-state index in [0.717, 1.165) is 78.0 Å². The number of nitrogens with zero attached hydrogens (tertiary/aromatic N) is 7. The van der Waals surface area contributed by atoms with Crippen molar-refractivity contribution in [2.24, 2.45) is 59.0 Å². The first-order chi connectivity index (χ1) is 66.9. The highest BCUT2D eigenvalue weighted by Crippen LogP contribution is 2.28. The average Bonchev–Trinajstić information content (AvgIpc) is 0.751. The van der Waals surface area contributed by atoms with Crippen molar-refractivity contribution in [2.45, 2.75) is 172 Å². The van der Waals surface area contributed by atoms with Crippen molar-refractivity contribution in [2.75, 3.05) is 222 Å². The Morgan fingerprint density at radius 2 is 0.841 bits per heavy atom. The Morgan fingerprint density at radius 3 is 1.23 bits per heavy atom. The third-order valence-corrected chi connectivity index (χ3v) is 27.8. The number of amides is 9. The molecule has 0 spiro atoms. The maximum atomic E-state index is 11.6. The molecule has 0 saturated carbocycles. The van der Waals surface area contributed by atoms with Crippen molar-refractivity contribution in [3.05, 3.63) is 107 Å². The van der Waals surface area contributed by atoms with Gasteiger partial charge in [-0.05, 0) is 84.1 Å². The van der Waals surface area contributed by atoms with E-state index in [1.807, 2.05) is 81.4 Å². The van der Waals surface area contributed by atoms with Gasteiger partial charge in [-0.3, -0.25) is 75.7 Å². The zero-order valence-corrected chi connectivity index (χ0v) is 94.3. The molecule has 0 aromatic heterocycles. The van der Waals surface area contributed by atoms with Crippen LogP contribution in [-0.2, 0) is 107 Å². The third kappa shape index (κ3) is 62.2. The molecule has 9 amide bonds. The van der Waals surface area contributed by atoms with Crippen molar-refractivity contribution in [3.8, 4) is 0 Å². The zero-order valence-electron chi connectivity index (χ0n) is 89.5. The number of rotatable bonds is 45. The minimum Gasteiger partial charge on any atom is -0.395 e. The molecule has 145 heavy (non-hydrogen) atoms. The molecule has 4 aromatic rings. The van der Waals surface area contributed by atoms with Crippen LogP contribution in [-0.4, -0.2) is 390 Å². The molecule has 6 saturated heterocycles. The lowest BCUT2D eigenvalue weighted by atomic mass is 10.0. The summed E-state index contributed by atoms with van der Waals surface area (Å²) < 4.78 is 156. The number of primary amides is 1. The van der Waals surface area contributed by atoms with Crippen LogP contribution in [0.5, 0.6) is 0 Å². The number of aliphatic hydroxyl groups excluding tert-OH is 2. The highest BCUT2D eigenvalue weighted by atomic mass is 35.5. The minimum absolute atomic E-state index is 0.00319. The van der Waals surface area contributed by atoms with E-state index in [2.05, 4.69) is 82.0 Å². The van der Waals surface area contributed by atoms with Gasteiger partial charge in [0.25, 0.3) is 50.6 Å². The van der Waals surface area contributed by atoms with Crippen LogP contribution >= 0.6 is 11.6 Å². The number of carbonyl (C=O) groups excluding carboxylic acids is 9. The van der Waals surface area contributed by atoms with Crippen LogP contribution in [0.1, 0.15) is 160 Å². The van der Waals surface area contributed by atoms with Gasteiger partial charge in [-0.1, -0.05) is 191 Å². The number of nitrogens with two attached hydrogens (primary N) is 1. The van der Waals surface area contributed by atoms with Crippen LogP contribution in [0.15, 0.2) is 94.7 Å². The van der Waals surface area contributed by atoms with Gasteiger partial charge < -0.3 is 76.4 Å². The Kier molecular flexibility index (Phi) is 64.1. The van der Waals surface area contributed by atoms with E-state index in [1.165, 1.54) is 124 Å². The molecule has 4 aromatic carbocycles. The second-order valence-electron chi connectivity index (χ2n) is 40.6. The van der Waals surface area contributed by atoms with Crippen molar-refractivity contribution >= 4 is 126 Å². The second kappa shape index (κ2) is 67.9. The standard InChI is InChI=1S/C17H21NO4S.C13H18ClNO4S.C13H25N3O.C12H23N3O.C12H17NO4S.C9H20N2O.C8H16N2O5S.C7H15NO4S.C7H17NO2/c1-12(2)17(19)18-11-5-7-13-6-3-9-15-14(13)8-4-10-16(15)23(20,21)22;1-9(2)13(16)15-7-11(8-20(17,18)19)10-3-5-12(14)6-4-10;1-12(2)13(17)14-4-3-8-16-9-5-15(6-10-16)7-11-16;1-11(2)12(16)13-3-7-15-8-4-14(5-9-15)6-10-15;1-9(2)12(14)13-8-7-10-3-5-11(6-4-10)18(15,16)17;1-8(2)9(12)10-6-7-11(3,4)5;1-6(2)8(12)10(5-7(9)11)3-4-16(13,14)15;1-6(2)7(9)8(3)4-5-13(10,11)12;1-6(2)3-8-7(4-9)5-10/h3-4,6,8-10,12H,5,7,11H2,1-2H3,(H,18,19)(H,20,21,22);3-6,9,11H,7-8H2,1-2H3,(H,15,16)(H,17,18,19);12H,3-11H2,1-2H3;11H,3-10H2,1-2H3;3-6,9H,7-8H2,1-2H3,(H,13,14)(H,15,16,17);8H,6-7H2,1-5H3;6H,3-5H2,1-2H3,(H2,9,11)(H,13,14,15);6H,4-5H2,1-3H3,(H,10,11,12);6-10H,3-5H2,1-2H3/p+3. The lowest BCUT2D eigenvalue weighted by Crippen LogP contribution is -2.68. The van der Waals surface area contributed by atoms with Crippen LogP contribution in [0, 0.1) is 53.3 Å². The van der Waals surface area contributed by atoms with Gasteiger partial charge in [0.2, 0.25) is 53.2 Å². The quantitative estimate of drug-likeness (QED) is 0.0153. The van der Waals surface area contributed by atoms with Crippen LogP contribution < -0.4 is 43.0 Å². The molecule has 47 heteroatoms. The summed E-state index contributed by atoms with van der Waals surface area (Å²) in [4.78, 5) is 109. The number of halogens is 1. The first-order valence-electron chi connectivity index (χ1n) is 49.5. The lowest BCUT2D eigenvalue weighted by Gasteiger charge is -2.50. The van der Waals surface area contributed by atoms with Crippen molar-refractivity contribution < 1.29 is 132 Å². The predicted octanol–water partition coefficient (Wildman–Crippen LogP) is 5.20. The van der Waals surface area contributed by atoms with Crippen LogP contribution in [0.25, 0.3) is 10.8 Å². The lowest BCUT2D eigenvalue weighted by molar-refractivity contribution is -0.941. The van der Waals surface area contributed by atoms with E-state index in [0.29, 0.717) is 47.8 Å². The molecule has 0 aliphatic carbocycles. The van der Waals surface area contributed by atoms with Gasteiger partial charge >= 0.3 is 0 Å². The topological polar surface area (TPSA) is 589 Å². The molecule has 6 aliphatic rings. The van der Waals surface area contributed by atoms with E-state index in [-0.39, 0.29) is 150 Å². The number of fused-ring (bicyclic) bond motifs is 7. The van der Waals surface area contributed by atoms with E-state index >= 15 is 0 Å². The van der Waals surface area contributed by atoms with Gasteiger partial charge in [0.1, 0.15) is 4.90 Å². The molecule has 10 rings (SSSR count). The van der Waals surface area contributed by atoms with Gasteiger partial charge in [-0.15, -0.1) is 0 Å². The Hall–Kier alpha value is -8.11. The van der Waals surface area contributed by atoms with Crippen molar-refractivity contribution in [1.29, 1.82) is 0 Å². The molecular formula is C98H175ClN15O26S5+3. The van der Waals surface area contributed by atoms with Gasteiger partial charge in [0.05, 0.1) is 141 Å². The Balaban J connectivity index is 0.00000162. The fourth-order valence-electron chi connectivity index (χ4n) is 14.3. The summed E-state index contributed by atoms with van der Waals surface area (Å²) in [6.07, 6.45) is 3.21. The minimum atomic E-state index is -4.25. The molecule has 4 bridgehead atoms. The number of aliphatic hydroxyl groups is 2. The molecule has 16 N–H and O–H groups in total. The first kappa shape index (κ1) is 137. The first-order valence-corrected chi connectivity index (χ1v) is 57.6. The van der Waals surface area contributed by atoms with Gasteiger partial charge in [0.15, 0.2) is 0 Å². The largest absolute Gasteiger partial charge is 0.395 e. The number of quaternary nitrogens is 3. The molecule has 6 aliphatic heterocycles. The molecule has 1 unspecified atom stereocenters. The fraction of sp³-hybridized carbons (Fsp3) is 0.684. The summed E-state index contributed by atoms with van der Waals surface area (Å²) in [7, 11) is -12.8. The summed E-state index contributed by atoms with van der Waals surface area (Å²) in [5.74, 6) is -2.83. The van der Waals surface area contributed by atoms with Gasteiger partial charge in [0, 0.05) is 156 Å². The average molecular weight is 2180 g/mol. The Morgan fingerprint density at radius 1 is 0.441 bits per heavy atom. The number of carbonyl (C=O) groups is 9. The summed E-state index contributed by atoms with van der Waals surface area (Å²) >= 11 is 5.78. The van der Waals surface area contributed by atoms with E-state index in [4.69, 9.17) is 45.8 Å². The summed E-state index contributed by atoms with van der Waals surface area (Å²) in [5.41, 5.74) is 7.50. The third-order valence-electron chi connectivity index (χ3n) is 23.5. The molecule has 6 heterocycles. The smallest absolute Gasteiger partial charge is 0.295 e. The van der Waals surface area contributed by atoms with Gasteiger partial charge in [-0.25, -0.2) is 0 Å². The van der Waals surface area contributed by atoms with E-state index in [9.17, 15) is 89.8 Å². The highest BCUT2D eigenvalue weighted by Gasteiger charge is 2.39. The van der Waals surface area contributed by atoms with Gasteiger partial charge in [-0.2, -0.15) is 42.1 Å². The number of likely N-dealkylation sites (N-methyl/N-ethyl adjacent to an activating group) is 1. The van der Waals surface area contributed by atoms with Crippen LogP contribution in [0.2, 0.25) is 5.02 Å². The second-order valence-corrected chi connectivity index (χ2v) is 48.5. The van der Waals surface area contributed by atoms with Crippen LogP contribution in [0.3, 0.4) is 0 Å². The molecule has 832 valence electrons. The number of piperazine rings is 6. The molecule has 6 fully saturated rings. The number of hydrogen-bond donors (Lipinski definition) is 15. The fourth-order valence-corrected chi connectivity index (χ4v) is 17.4. The SMILES string of the molecule is CC(C)C(=O)N(C)CCS(=O)(=O)O.CC(C)C(=O)N(CCS(=O)(=O)O)CC(N)=O.CC(C)C(=O)NCC(CS(=O)(=O)O)c1ccc(Cl)cc1.CC(C)C(=O)NCCC[N+]12CCN(CC1)CC2.CC(C)C(=O)NCCCc1cccc2c(S(=O)(=O)O)cccc12.CC(C)C(=O)NCC[N+](C)(C)C.CC(C)C(=O)NCC[N+]12CCN(CC1)CC2.CC(C)C(=O)NCCc1ccc(S(=O)(=O)O)cc1.CC(C)CNC(CO)CO. The van der Waals surface area contributed by atoms with E-state index < -0.39 is 79.7 Å². The van der Waals surface area contributed by atoms with Crippen LogP contribution in [0.4, 0.5) is 0 Å². The number of aryl methyl sites for hydroxylation is 1. The molecule has 0 radical (unpaired) electrons. The van der Waals surface area contributed by atoms with E-state index in [1.54, 1.807) is 96.1 Å². The monoisotopic (exact) mass is 2170 g/mol. The normalized spacial score (nSPS) is 16.6. The molecule has 41 nitrogen and oxygen atoms in total. The highest BCUT2D eigenvalue weighted by molar-refractivity contribution is 7.86. The maximum absolute atomic E-state index is 11.6. The Labute approximate surface area is 869 Å². The van der Waals surface area contributed by atoms with Crippen molar-refractivity contribution in [3.63, 3.8) is 0 Å². The molecule has 1 atom stereocenters. The predicted molar refractivity (Wildman–Crippen MR) is 566 cm³/mol. The number of benzene rings is 4. The maximum Gasteiger partial charge on any atom is 0.295 e.